The van der Waals surface area contributed by atoms with Gasteiger partial charge in [0.25, 0.3) is 0 Å². The SMILES string of the molecule is CCOC(=O)c1ccc(N(CC)c2ccc3c(c2)N(C(C)C)CCC3(C)C)cc1. The maximum absolute atomic E-state index is 11.9. The van der Waals surface area contributed by atoms with Gasteiger partial charge < -0.3 is 14.5 Å². The van der Waals surface area contributed by atoms with Gasteiger partial charge in [-0.25, -0.2) is 4.79 Å². The van der Waals surface area contributed by atoms with Crippen molar-refractivity contribution in [3.63, 3.8) is 0 Å². The fourth-order valence-electron chi connectivity index (χ4n) is 4.20. The van der Waals surface area contributed by atoms with Crippen molar-refractivity contribution in [1.82, 2.24) is 0 Å². The van der Waals surface area contributed by atoms with Crippen molar-refractivity contribution in [2.24, 2.45) is 0 Å². The Labute approximate surface area is 175 Å². The number of carbonyl (C=O) groups excluding carboxylic acids is 1. The molecule has 0 atom stereocenters. The van der Waals surface area contributed by atoms with Gasteiger partial charge in [0.2, 0.25) is 0 Å². The molecule has 0 unspecified atom stereocenters. The molecule has 156 valence electrons. The number of hydrogen-bond acceptors (Lipinski definition) is 4. The smallest absolute Gasteiger partial charge is 0.338 e. The van der Waals surface area contributed by atoms with E-state index in [0.29, 0.717) is 18.2 Å². The van der Waals surface area contributed by atoms with Crippen LogP contribution < -0.4 is 9.80 Å². The molecule has 4 heteroatoms. The minimum atomic E-state index is -0.273. The van der Waals surface area contributed by atoms with Crippen molar-refractivity contribution < 1.29 is 9.53 Å². The first kappa shape index (κ1) is 21.2. The van der Waals surface area contributed by atoms with Crippen molar-refractivity contribution >= 4 is 23.0 Å². The van der Waals surface area contributed by atoms with E-state index in [2.05, 4.69) is 62.6 Å². The van der Waals surface area contributed by atoms with Gasteiger partial charge in [-0.15, -0.1) is 0 Å². The largest absolute Gasteiger partial charge is 0.462 e. The second-order valence-electron chi connectivity index (χ2n) is 8.63. The van der Waals surface area contributed by atoms with E-state index in [1.165, 1.54) is 23.4 Å². The van der Waals surface area contributed by atoms with E-state index in [1.54, 1.807) is 0 Å². The molecule has 0 amide bonds. The van der Waals surface area contributed by atoms with Crippen LogP contribution in [0.1, 0.15) is 63.9 Å². The Morgan fingerprint density at radius 3 is 2.34 bits per heavy atom. The first-order chi connectivity index (χ1) is 13.8. The number of rotatable bonds is 6. The molecule has 0 spiro atoms. The molecule has 0 bridgehead atoms. The molecule has 0 radical (unpaired) electrons. The fraction of sp³-hybridized carbons (Fsp3) is 0.480. The summed E-state index contributed by atoms with van der Waals surface area (Å²) in [7, 11) is 0. The molecular weight excluding hydrogens is 360 g/mol. The third-order valence-electron chi connectivity index (χ3n) is 5.94. The lowest BCUT2D eigenvalue weighted by Crippen LogP contribution is -2.41. The molecule has 1 heterocycles. The summed E-state index contributed by atoms with van der Waals surface area (Å²) >= 11 is 0. The van der Waals surface area contributed by atoms with Crippen LogP contribution in [0.3, 0.4) is 0 Å². The molecule has 0 saturated carbocycles. The van der Waals surface area contributed by atoms with Gasteiger partial charge in [0.1, 0.15) is 0 Å². The van der Waals surface area contributed by atoms with Crippen LogP contribution in [0.4, 0.5) is 17.1 Å². The van der Waals surface area contributed by atoms with E-state index in [9.17, 15) is 4.79 Å². The maximum atomic E-state index is 11.9. The predicted octanol–water partition coefficient (Wildman–Crippen LogP) is 5.92. The summed E-state index contributed by atoms with van der Waals surface area (Å²) < 4.78 is 5.10. The highest BCUT2D eigenvalue weighted by molar-refractivity contribution is 5.90. The van der Waals surface area contributed by atoms with Crippen LogP contribution in [0.25, 0.3) is 0 Å². The Morgan fingerprint density at radius 2 is 1.76 bits per heavy atom. The molecule has 29 heavy (non-hydrogen) atoms. The molecular formula is C25H34N2O2. The van der Waals surface area contributed by atoms with E-state index in [1.807, 2.05) is 31.2 Å². The quantitative estimate of drug-likeness (QED) is 0.570. The van der Waals surface area contributed by atoms with E-state index >= 15 is 0 Å². The summed E-state index contributed by atoms with van der Waals surface area (Å²) in [6.45, 7) is 15.5. The highest BCUT2D eigenvalue weighted by atomic mass is 16.5. The first-order valence-electron chi connectivity index (χ1n) is 10.7. The summed E-state index contributed by atoms with van der Waals surface area (Å²) in [5.74, 6) is -0.273. The van der Waals surface area contributed by atoms with Crippen molar-refractivity contribution in [2.45, 2.75) is 59.4 Å². The number of nitrogens with zero attached hydrogens (tertiary/aromatic N) is 2. The summed E-state index contributed by atoms with van der Waals surface area (Å²) in [6, 6.07) is 15.0. The van der Waals surface area contributed by atoms with Crippen LogP contribution in [-0.2, 0) is 10.2 Å². The van der Waals surface area contributed by atoms with Crippen LogP contribution in [0, 0.1) is 0 Å². The van der Waals surface area contributed by atoms with Gasteiger partial charge in [-0.2, -0.15) is 0 Å². The molecule has 0 aromatic heterocycles. The average Bonchev–Trinajstić information content (AvgIpc) is 2.69. The van der Waals surface area contributed by atoms with Gasteiger partial charge >= 0.3 is 5.97 Å². The van der Waals surface area contributed by atoms with Crippen LogP contribution >= 0.6 is 0 Å². The van der Waals surface area contributed by atoms with E-state index < -0.39 is 0 Å². The minimum Gasteiger partial charge on any atom is -0.462 e. The number of esters is 1. The number of carbonyl (C=O) groups is 1. The standard InChI is InChI=1S/C25H34N2O2/c1-7-26(20-11-9-19(10-12-20)24(28)29-8-2)21-13-14-22-23(17-21)27(18(3)4)16-15-25(22,5)6/h9-14,17-18H,7-8,15-16H2,1-6H3. The molecule has 1 aliphatic heterocycles. The third-order valence-corrected chi connectivity index (χ3v) is 5.94. The number of ether oxygens (including phenoxy) is 1. The number of anilines is 3. The van der Waals surface area contributed by atoms with Gasteiger partial charge in [-0.05, 0) is 81.5 Å². The van der Waals surface area contributed by atoms with Crippen LogP contribution in [-0.4, -0.2) is 31.7 Å². The van der Waals surface area contributed by atoms with Crippen LogP contribution in [0.5, 0.6) is 0 Å². The topological polar surface area (TPSA) is 32.8 Å². The Bertz CT molecular complexity index is 856. The molecule has 0 saturated heterocycles. The average molecular weight is 395 g/mol. The molecule has 0 N–H and O–H groups in total. The first-order valence-corrected chi connectivity index (χ1v) is 10.7. The Hall–Kier alpha value is -2.49. The zero-order valence-corrected chi connectivity index (χ0v) is 18.7. The zero-order valence-electron chi connectivity index (χ0n) is 18.7. The van der Waals surface area contributed by atoms with Crippen molar-refractivity contribution in [1.29, 1.82) is 0 Å². The van der Waals surface area contributed by atoms with Gasteiger partial charge in [-0.3, -0.25) is 0 Å². The number of benzene rings is 2. The van der Waals surface area contributed by atoms with E-state index in [4.69, 9.17) is 4.74 Å². The molecule has 0 aliphatic carbocycles. The molecule has 2 aromatic carbocycles. The highest BCUT2D eigenvalue weighted by Gasteiger charge is 2.32. The number of fused-ring (bicyclic) bond motifs is 1. The Kier molecular flexibility index (Phi) is 6.21. The molecule has 2 aromatic rings. The summed E-state index contributed by atoms with van der Waals surface area (Å²) in [5.41, 5.74) is 5.80. The monoisotopic (exact) mass is 394 g/mol. The molecule has 1 aliphatic rings. The highest BCUT2D eigenvalue weighted by Crippen LogP contribution is 2.43. The van der Waals surface area contributed by atoms with Crippen molar-refractivity contribution in [3.05, 3.63) is 53.6 Å². The lowest BCUT2D eigenvalue weighted by molar-refractivity contribution is 0.0526. The van der Waals surface area contributed by atoms with Gasteiger partial charge in [-0.1, -0.05) is 19.9 Å². The predicted molar refractivity (Wildman–Crippen MR) is 122 cm³/mol. The summed E-state index contributed by atoms with van der Waals surface area (Å²) in [6.07, 6.45) is 1.17. The lowest BCUT2D eigenvalue weighted by Gasteiger charge is -2.43. The summed E-state index contributed by atoms with van der Waals surface area (Å²) in [5, 5.41) is 0. The zero-order chi connectivity index (χ0) is 21.2. The Balaban J connectivity index is 1.96. The maximum Gasteiger partial charge on any atom is 0.338 e. The van der Waals surface area contributed by atoms with Crippen molar-refractivity contribution in [3.8, 4) is 0 Å². The minimum absolute atomic E-state index is 0.192. The van der Waals surface area contributed by atoms with Crippen molar-refractivity contribution in [2.75, 3.05) is 29.5 Å². The molecule has 4 nitrogen and oxygen atoms in total. The third kappa shape index (κ3) is 4.26. The van der Waals surface area contributed by atoms with E-state index in [-0.39, 0.29) is 11.4 Å². The van der Waals surface area contributed by atoms with Crippen LogP contribution in [0.15, 0.2) is 42.5 Å². The number of hydrogen-bond donors (Lipinski definition) is 0. The fourth-order valence-corrected chi connectivity index (χ4v) is 4.20. The van der Waals surface area contributed by atoms with Gasteiger partial charge in [0.05, 0.1) is 12.2 Å². The van der Waals surface area contributed by atoms with Crippen LogP contribution in [0.2, 0.25) is 0 Å². The lowest BCUT2D eigenvalue weighted by atomic mass is 9.77. The second kappa shape index (κ2) is 8.48. The van der Waals surface area contributed by atoms with Gasteiger partial charge in [0.15, 0.2) is 0 Å². The van der Waals surface area contributed by atoms with Gasteiger partial charge in [0, 0.05) is 36.2 Å². The molecule has 0 fully saturated rings. The molecule has 3 rings (SSSR count). The Morgan fingerprint density at radius 1 is 1.10 bits per heavy atom. The van der Waals surface area contributed by atoms with E-state index in [0.717, 1.165) is 18.8 Å². The second-order valence-corrected chi connectivity index (χ2v) is 8.63. The summed E-state index contributed by atoms with van der Waals surface area (Å²) in [4.78, 5) is 16.7. The normalized spacial score (nSPS) is 15.2.